The molecule has 0 bridgehead atoms. The summed E-state index contributed by atoms with van der Waals surface area (Å²) in [4.78, 5) is 5.32. The van der Waals surface area contributed by atoms with Gasteiger partial charge < -0.3 is 10.2 Å². The van der Waals surface area contributed by atoms with E-state index in [2.05, 4.69) is 42.9 Å². The maximum absolute atomic E-state index is 3.86. The van der Waals surface area contributed by atoms with E-state index >= 15 is 0 Å². The Kier molecular flexibility index (Phi) is 6.97. The number of nitrogens with one attached hydrogen (secondary N) is 1. The van der Waals surface area contributed by atoms with Crippen molar-refractivity contribution in [2.45, 2.75) is 77.4 Å². The molecule has 124 valence electrons. The lowest BCUT2D eigenvalue weighted by atomic mass is 9.78. The average Bonchev–Trinajstić information content (AvgIpc) is 2.46. The van der Waals surface area contributed by atoms with Crippen LogP contribution in [0.3, 0.4) is 0 Å². The number of nitrogens with zero attached hydrogens (tertiary/aromatic N) is 2. The summed E-state index contributed by atoms with van der Waals surface area (Å²) in [5.41, 5.74) is 0. The Labute approximate surface area is 132 Å². The lowest BCUT2D eigenvalue weighted by Crippen LogP contribution is -2.61. The van der Waals surface area contributed by atoms with Crippen LogP contribution in [0, 0.1) is 5.92 Å². The highest BCUT2D eigenvalue weighted by Gasteiger charge is 2.37. The predicted octanol–water partition coefficient (Wildman–Crippen LogP) is 2.96. The minimum atomic E-state index is 0.708. The summed E-state index contributed by atoms with van der Waals surface area (Å²) in [5.74, 6) is 0.964. The highest BCUT2D eigenvalue weighted by molar-refractivity contribution is 4.94. The minimum absolute atomic E-state index is 0.708. The number of rotatable bonds is 6. The minimum Gasteiger partial charge on any atom is -0.312 e. The van der Waals surface area contributed by atoms with Crippen molar-refractivity contribution in [3.63, 3.8) is 0 Å². The summed E-state index contributed by atoms with van der Waals surface area (Å²) in [6, 6.07) is 2.20. The number of likely N-dealkylation sites (N-methyl/N-ethyl adjacent to an activating group) is 1. The normalized spacial score (nSPS) is 36.0. The molecule has 3 heteroatoms. The van der Waals surface area contributed by atoms with Crippen molar-refractivity contribution >= 4 is 0 Å². The van der Waals surface area contributed by atoms with Crippen molar-refractivity contribution in [3.05, 3.63) is 0 Å². The molecule has 2 aliphatic rings. The van der Waals surface area contributed by atoms with Crippen LogP contribution in [0.5, 0.6) is 0 Å². The van der Waals surface area contributed by atoms with Gasteiger partial charge in [-0.25, -0.2) is 0 Å². The van der Waals surface area contributed by atoms with E-state index in [4.69, 9.17) is 0 Å². The molecule has 1 saturated carbocycles. The molecule has 0 radical (unpaired) electrons. The van der Waals surface area contributed by atoms with Crippen molar-refractivity contribution < 1.29 is 0 Å². The molecule has 1 aliphatic carbocycles. The largest absolute Gasteiger partial charge is 0.312 e. The van der Waals surface area contributed by atoms with Gasteiger partial charge in [0.05, 0.1) is 0 Å². The van der Waals surface area contributed by atoms with E-state index in [1.807, 2.05) is 0 Å². The highest BCUT2D eigenvalue weighted by Crippen LogP contribution is 2.32. The molecule has 1 N–H and O–H groups in total. The van der Waals surface area contributed by atoms with Gasteiger partial charge in [-0.2, -0.15) is 0 Å². The topological polar surface area (TPSA) is 18.5 Å². The molecule has 21 heavy (non-hydrogen) atoms. The van der Waals surface area contributed by atoms with Crippen LogP contribution in [0.2, 0.25) is 0 Å². The third-order valence-electron chi connectivity index (χ3n) is 5.59. The molecule has 2 fully saturated rings. The lowest BCUT2D eigenvalue weighted by molar-refractivity contribution is 0.0176. The Morgan fingerprint density at radius 1 is 1.10 bits per heavy atom. The van der Waals surface area contributed by atoms with Crippen LogP contribution in [0.1, 0.15) is 59.3 Å². The van der Waals surface area contributed by atoms with Gasteiger partial charge in [0, 0.05) is 37.8 Å². The molecule has 1 aliphatic heterocycles. The fourth-order valence-corrected chi connectivity index (χ4v) is 4.48. The number of piperazine rings is 1. The molecule has 2 rings (SSSR count). The number of hydrogen-bond donors (Lipinski definition) is 1. The summed E-state index contributed by atoms with van der Waals surface area (Å²) in [6.45, 7) is 12.0. The molecule has 1 heterocycles. The second-order valence-corrected chi connectivity index (χ2v) is 7.44. The Morgan fingerprint density at radius 2 is 1.90 bits per heavy atom. The fourth-order valence-electron chi connectivity index (χ4n) is 4.48. The van der Waals surface area contributed by atoms with Gasteiger partial charge in [0.2, 0.25) is 0 Å². The van der Waals surface area contributed by atoms with E-state index in [-0.39, 0.29) is 0 Å². The highest BCUT2D eigenvalue weighted by atomic mass is 15.3. The summed E-state index contributed by atoms with van der Waals surface area (Å²) in [7, 11) is 2.27. The van der Waals surface area contributed by atoms with Gasteiger partial charge >= 0.3 is 0 Å². The first-order valence-electron chi connectivity index (χ1n) is 9.33. The van der Waals surface area contributed by atoms with Crippen molar-refractivity contribution in [1.82, 2.24) is 15.1 Å². The molecule has 0 spiro atoms. The first kappa shape index (κ1) is 17.2. The van der Waals surface area contributed by atoms with E-state index in [0.29, 0.717) is 6.04 Å². The second kappa shape index (κ2) is 8.50. The SMILES string of the molecule is CCCNC1CCC(CCC)CC1N1CCN(C)CC1C. The Bertz CT molecular complexity index is 294. The van der Waals surface area contributed by atoms with Crippen LogP contribution < -0.4 is 5.32 Å². The van der Waals surface area contributed by atoms with Crippen LogP contribution >= 0.6 is 0 Å². The van der Waals surface area contributed by atoms with Gasteiger partial charge in [0.15, 0.2) is 0 Å². The molecule has 3 nitrogen and oxygen atoms in total. The van der Waals surface area contributed by atoms with Gasteiger partial charge in [0.1, 0.15) is 0 Å². The predicted molar refractivity (Wildman–Crippen MR) is 91.8 cm³/mol. The smallest absolute Gasteiger partial charge is 0.0255 e. The average molecular weight is 296 g/mol. The Morgan fingerprint density at radius 3 is 2.57 bits per heavy atom. The van der Waals surface area contributed by atoms with Crippen molar-refractivity contribution in [2.24, 2.45) is 5.92 Å². The standard InChI is InChI=1S/C18H37N3/c1-5-7-16-8-9-17(19-10-6-2)18(13-16)21-12-11-20(4)14-15(21)3/h15-19H,5-14H2,1-4H3. The third-order valence-corrected chi connectivity index (χ3v) is 5.59. The van der Waals surface area contributed by atoms with E-state index in [0.717, 1.165) is 18.0 Å². The molecule has 0 aromatic rings. The van der Waals surface area contributed by atoms with Crippen molar-refractivity contribution in [2.75, 3.05) is 33.2 Å². The van der Waals surface area contributed by atoms with Gasteiger partial charge in [0.25, 0.3) is 0 Å². The Hall–Kier alpha value is -0.120. The third kappa shape index (κ3) is 4.67. The molecular formula is C18H37N3. The molecule has 1 saturated heterocycles. The maximum Gasteiger partial charge on any atom is 0.0255 e. The fraction of sp³-hybridized carbons (Fsp3) is 1.00. The second-order valence-electron chi connectivity index (χ2n) is 7.44. The van der Waals surface area contributed by atoms with Crippen LogP contribution in [-0.4, -0.2) is 61.2 Å². The number of hydrogen-bond acceptors (Lipinski definition) is 3. The first-order chi connectivity index (χ1) is 10.2. The van der Waals surface area contributed by atoms with Gasteiger partial charge in [-0.3, -0.25) is 4.90 Å². The van der Waals surface area contributed by atoms with E-state index in [1.54, 1.807) is 0 Å². The van der Waals surface area contributed by atoms with E-state index in [1.165, 1.54) is 64.7 Å². The quantitative estimate of drug-likeness (QED) is 0.813. The summed E-state index contributed by atoms with van der Waals surface area (Å²) < 4.78 is 0. The zero-order valence-electron chi connectivity index (χ0n) is 14.8. The van der Waals surface area contributed by atoms with Gasteiger partial charge in [-0.15, -0.1) is 0 Å². The van der Waals surface area contributed by atoms with Crippen LogP contribution in [0.25, 0.3) is 0 Å². The first-order valence-corrected chi connectivity index (χ1v) is 9.33. The Balaban J connectivity index is 2.01. The van der Waals surface area contributed by atoms with Crippen LogP contribution in [0.15, 0.2) is 0 Å². The maximum atomic E-state index is 3.86. The summed E-state index contributed by atoms with van der Waals surface area (Å²) >= 11 is 0. The zero-order valence-corrected chi connectivity index (χ0v) is 14.8. The molecule has 0 aromatic carbocycles. The monoisotopic (exact) mass is 295 g/mol. The molecule has 4 atom stereocenters. The van der Waals surface area contributed by atoms with E-state index in [9.17, 15) is 0 Å². The molecular weight excluding hydrogens is 258 g/mol. The summed E-state index contributed by atoms with van der Waals surface area (Å²) in [5, 5.41) is 3.86. The van der Waals surface area contributed by atoms with Gasteiger partial charge in [-0.1, -0.05) is 26.7 Å². The summed E-state index contributed by atoms with van der Waals surface area (Å²) in [6.07, 6.45) is 8.27. The zero-order chi connectivity index (χ0) is 15.2. The van der Waals surface area contributed by atoms with Crippen molar-refractivity contribution in [1.29, 1.82) is 0 Å². The lowest BCUT2D eigenvalue weighted by Gasteiger charge is -2.49. The van der Waals surface area contributed by atoms with Gasteiger partial charge in [-0.05, 0) is 52.1 Å². The van der Waals surface area contributed by atoms with Crippen molar-refractivity contribution in [3.8, 4) is 0 Å². The van der Waals surface area contributed by atoms with Crippen LogP contribution in [0.4, 0.5) is 0 Å². The molecule has 0 amide bonds. The van der Waals surface area contributed by atoms with E-state index < -0.39 is 0 Å². The van der Waals surface area contributed by atoms with Crippen LogP contribution in [-0.2, 0) is 0 Å². The molecule has 4 unspecified atom stereocenters. The molecule has 0 aromatic heterocycles.